The fraction of sp³-hybridized carbons (Fsp3) is 0.421. The van der Waals surface area contributed by atoms with Crippen molar-refractivity contribution in [1.82, 2.24) is 25.1 Å². The molecule has 0 radical (unpaired) electrons. The minimum atomic E-state index is -0.276. The summed E-state index contributed by atoms with van der Waals surface area (Å²) in [4.78, 5) is 20.1. The lowest BCUT2D eigenvalue weighted by Gasteiger charge is -2.34. The van der Waals surface area contributed by atoms with Gasteiger partial charge in [0.2, 0.25) is 5.95 Å². The number of piperidine rings is 1. The van der Waals surface area contributed by atoms with E-state index in [2.05, 4.69) is 25.0 Å². The van der Waals surface area contributed by atoms with Crippen LogP contribution in [0.25, 0.3) is 22.5 Å². The summed E-state index contributed by atoms with van der Waals surface area (Å²) < 4.78 is 5.36. The molecule has 0 saturated carbocycles. The SMILES string of the molecule is Cc1noc(C)c1-c1nc(N2CC[C@@H](O)[C@H](C)C2)ncc1-c1cnccn1. The summed E-state index contributed by atoms with van der Waals surface area (Å²) in [5.74, 6) is 1.51. The summed E-state index contributed by atoms with van der Waals surface area (Å²) in [6, 6.07) is 0. The summed E-state index contributed by atoms with van der Waals surface area (Å²) >= 11 is 0. The van der Waals surface area contributed by atoms with Gasteiger partial charge in [-0.3, -0.25) is 9.97 Å². The molecule has 1 aliphatic heterocycles. The molecule has 4 heterocycles. The molecule has 0 spiro atoms. The van der Waals surface area contributed by atoms with Gasteiger partial charge in [-0.05, 0) is 26.2 Å². The Morgan fingerprint density at radius 3 is 2.70 bits per heavy atom. The Morgan fingerprint density at radius 1 is 1.19 bits per heavy atom. The predicted octanol–water partition coefficient (Wildman–Crippen LogP) is 2.41. The summed E-state index contributed by atoms with van der Waals surface area (Å²) in [5.41, 5.74) is 3.83. The largest absolute Gasteiger partial charge is 0.393 e. The quantitative estimate of drug-likeness (QED) is 0.754. The van der Waals surface area contributed by atoms with E-state index in [0.29, 0.717) is 30.4 Å². The van der Waals surface area contributed by atoms with E-state index >= 15 is 0 Å². The third kappa shape index (κ3) is 3.28. The van der Waals surface area contributed by atoms with Crippen LogP contribution >= 0.6 is 0 Å². The second-order valence-corrected chi connectivity index (χ2v) is 7.00. The topological polar surface area (TPSA) is 101 Å². The molecule has 8 nitrogen and oxygen atoms in total. The van der Waals surface area contributed by atoms with Crippen molar-refractivity contribution in [2.45, 2.75) is 33.3 Å². The normalized spacial score (nSPS) is 20.1. The first kappa shape index (κ1) is 17.5. The summed E-state index contributed by atoms with van der Waals surface area (Å²) in [6.07, 6.45) is 7.19. The molecule has 0 unspecified atom stereocenters. The van der Waals surface area contributed by atoms with Crippen LogP contribution in [0, 0.1) is 19.8 Å². The highest BCUT2D eigenvalue weighted by molar-refractivity contribution is 5.80. The van der Waals surface area contributed by atoms with Gasteiger partial charge in [0.05, 0.1) is 34.9 Å². The highest BCUT2D eigenvalue weighted by Gasteiger charge is 2.27. The van der Waals surface area contributed by atoms with E-state index in [1.165, 1.54) is 0 Å². The Hall–Kier alpha value is -2.87. The van der Waals surface area contributed by atoms with E-state index in [4.69, 9.17) is 9.51 Å². The van der Waals surface area contributed by atoms with Gasteiger partial charge in [-0.25, -0.2) is 9.97 Å². The highest BCUT2D eigenvalue weighted by atomic mass is 16.5. The van der Waals surface area contributed by atoms with E-state index in [1.807, 2.05) is 20.8 Å². The van der Waals surface area contributed by atoms with E-state index in [0.717, 1.165) is 29.1 Å². The molecular weight excluding hydrogens is 344 g/mol. The number of nitrogens with zero attached hydrogens (tertiary/aromatic N) is 6. The number of anilines is 1. The van der Waals surface area contributed by atoms with Gasteiger partial charge < -0.3 is 14.5 Å². The number of aliphatic hydroxyl groups is 1. The summed E-state index contributed by atoms with van der Waals surface area (Å²) in [7, 11) is 0. The van der Waals surface area contributed by atoms with E-state index in [-0.39, 0.29) is 12.0 Å². The Kier molecular flexibility index (Phi) is 4.57. The fourth-order valence-electron chi connectivity index (χ4n) is 3.48. The van der Waals surface area contributed by atoms with Gasteiger partial charge >= 0.3 is 0 Å². The molecule has 3 aromatic rings. The predicted molar refractivity (Wildman–Crippen MR) is 100 cm³/mol. The zero-order chi connectivity index (χ0) is 19.0. The molecule has 8 heteroatoms. The van der Waals surface area contributed by atoms with Crippen molar-refractivity contribution in [2.24, 2.45) is 5.92 Å². The zero-order valence-electron chi connectivity index (χ0n) is 15.6. The van der Waals surface area contributed by atoms with Gasteiger partial charge in [-0.15, -0.1) is 0 Å². The van der Waals surface area contributed by atoms with Gasteiger partial charge in [0, 0.05) is 37.2 Å². The second-order valence-electron chi connectivity index (χ2n) is 7.00. The van der Waals surface area contributed by atoms with Crippen molar-refractivity contribution in [1.29, 1.82) is 0 Å². The molecule has 0 amide bonds. The van der Waals surface area contributed by atoms with E-state index < -0.39 is 0 Å². The minimum absolute atomic E-state index is 0.171. The van der Waals surface area contributed by atoms with E-state index in [9.17, 15) is 5.11 Å². The third-order valence-electron chi connectivity index (χ3n) is 5.03. The lowest BCUT2D eigenvalue weighted by Crippen LogP contribution is -2.42. The first-order valence-corrected chi connectivity index (χ1v) is 9.04. The van der Waals surface area contributed by atoms with Crippen LogP contribution in [0.2, 0.25) is 0 Å². The van der Waals surface area contributed by atoms with Crippen molar-refractivity contribution in [3.8, 4) is 22.5 Å². The van der Waals surface area contributed by atoms with Crippen LogP contribution in [0.1, 0.15) is 24.8 Å². The molecular formula is C19H22N6O2. The van der Waals surface area contributed by atoms with Crippen LogP contribution in [-0.4, -0.2) is 49.4 Å². The Labute approximate surface area is 157 Å². The lowest BCUT2D eigenvalue weighted by molar-refractivity contribution is 0.0966. The number of aliphatic hydroxyl groups excluding tert-OH is 1. The number of hydrogen-bond acceptors (Lipinski definition) is 8. The summed E-state index contributed by atoms with van der Waals surface area (Å²) in [6.45, 7) is 7.24. The van der Waals surface area contributed by atoms with E-state index in [1.54, 1.807) is 24.8 Å². The van der Waals surface area contributed by atoms with Crippen molar-refractivity contribution >= 4 is 5.95 Å². The van der Waals surface area contributed by atoms with Crippen LogP contribution in [0.3, 0.4) is 0 Å². The monoisotopic (exact) mass is 366 g/mol. The minimum Gasteiger partial charge on any atom is -0.393 e. The van der Waals surface area contributed by atoms with Gasteiger partial charge in [0.1, 0.15) is 5.76 Å². The van der Waals surface area contributed by atoms with Crippen molar-refractivity contribution in [3.63, 3.8) is 0 Å². The van der Waals surface area contributed by atoms with Crippen LogP contribution in [0.15, 0.2) is 29.3 Å². The molecule has 2 atom stereocenters. The second kappa shape index (κ2) is 7.03. The summed E-state index contributed by atoms with van der Waals surface area (Å²) in [5, 5.41) is 14.1. The van der Waals surface area contributed by atoms with Crippen LogP contribution in [0.4, 0.5) is 5.95 Å². The average molecular weight is 366 g/mol. The molecule has 1 fully saturated rings. The molecule has 4 rings (SSSR count). The molecule has 1 aliphatic rings. The van der Waals surface area contributed by atoms with Crippen molar-refractivity contribution < 1.29 is 9.63 Å². The Bertz CT molecular complexity index is 923. The van der Waals surface area contributed by atoms with Gasteiger partial charge in [0.15, 0.2) is 0 Å². The highest BCUT2D eigenvalue weighted by Crippen LogP contribution is 2.34. The standard InChI is InChI=1S/C19H22N6O2/c1-11-10-25(7-4-16(11)26)19-22-8-14(15-9-20-5-6-21-15)18(23-19)17-12(2)24-27-13(17)3/h5-6,8-9,11,16,26H,4,7,10H2,1-3H3/t11-,16-/m1/s1. The molecule has 3 aromatic heterocycles. The van der Waals surface area contributed by atoms with Crippen molar-refractivity contribution in [3.05, 3.63) is 36.2 Å². The maximum Gasteiger partial charge on any atom is 0.225 e. The van der Waals surface area contributed by atoms with Gasteiger partial charge in [-0.1, -0.05) is 12.1 Å². The zero-order valence-corrected chi connectivity index (χ0v) is 15.6. The molecule has 1 N–H and O–H groups in total. The molecule has 0 aromatic carbocycles. The van der Waals surface area contributed by atoms with Gasteiger partial charge in [0.25, 0.3) is 0 Å². The Balaban J connectivity index is 1.82. The van der Waals surface area contributed by atoms with Crippen LogP contribution < -0.4 is 4.90 Å². The molecule has 27 heavy (non-hydrogen) atoms. The van der Waals surface area contributed by atoms with Crippen molar-refractivity contribution in [2.75, 3.05) is 18.0 Å². The maximum absolute atomic E-state index is 10.0. The van der Waals surface area contributed by atoms with Crippen LogP contribution in [-0.2, 0) is 0 Å². The van der Waals surface area contributed by atoms with Crippen LogP contribution in [0.5, 0.6) is 0 Å². The average Bonchev–Trinajstić information content (AvgIpc) is 3.02. The number of rotatable bonds is 3. The molecule has 0 aliphatic carbocycles. The smallest absolute Gasteiger partial charge is 0.225 e. The number of aryl methyl sites for hydroxylation is 2. The first-order valence-electron chi connectivity index (χ1n) is 9.04. The molecule has 0 bridgehead atoms. The van der Waals surface area contributed by atoms with Gasteiger partial charge in [-0.2, -0.15) is 0 Å². The fourth-order valence-corrected chi connectivity index (χ4v) is 3.48. The lowest BCUT2D eigenvalue weighted by atomic mass is 9.97. The Morgan fingerprint density at radius 2 is 2.04 bits per heavy atom. The number of aromatic nitrogens is 5. The molecule has 140 valence electrons. The molecule has 1 saturated heterocycles. The maximum atomic E-state index is 10.0. The first-order chi connectivity index (χ1) is 13.0. The number of hydrogen-bond donors (Lipinski definition) is 1. The third-order valence-corrected chi connectivity index (χ3v) is 5.03.